The Kier molecular flexibility index (Phi) is 6.11. The molecular weight excluding hydrogens is 246 g/mol. The molecule has 0 aliphatic rings. The summed E-state index contributed by atoms with van der Waals surface area (Å²) in [7, 11) is 0. The number of aliphatic hydroxyl groups is 7. The number of rotatable bonds is 8. The Hall–Kier alpha value is -0.320. The summed E-state index contributed by atoms with van der Waals surface area (Å²) in [5, 5.41) is 63.3. The minimum absolute atomic E-state index is 0.00590. The summed E-state index contributed by atoms with van der Waals surface area (Å²) in [5.74, 6) is -11.6. The fourth-order valence-corrected chi connectivity index (χ4v) is 1.50. The molecule has 0 fully saturated rings. The van der Waals surface area contributed by atoms with Crippen LogP contribution in [0.4, 0.5) is 0 Å². The van der Waals surface area contributed by atoms with Gasteiger partial charge in [0.2, 0.25) is 5.79 Å². The highest BCUT2D eigenvalue weighted by atomic mass is 16.7. The maximum Gasteiger partial charge on any atom is 0.338 e. The van der Waals surface area contributed by atoms with Gasteiger partial charge in [-0.25, -0.2) is 0 Å². The lowest BCUT2D eigenvalue weighted by Crippen LogP contribution is -2.73. The van der Waals surface area contributed by atoms with E-state index < -0.39 is 23.6 Å². The predicted octanol–water partition coefficient (Wildman–Crippen LogP) is -2.72. The average Bonchev–Trinajstić information content (AvgIpc) is 2.22. The molecule has 8 heteroatoms. The van der Waals surface area contributed by atoms with Gasteiger partial charge < -0.3 is 41.5 Å². The van der Waals surface area contributed by atoms with Gasteiger partial charge >= 0.3 is 11.8 Å². The van der Waals surface area contributed by atoms with Crippen LogP contribution in [-0.2, 0) is 0 Å². The molecule has 0 aliphatic carbocycles. The Labute approximate surface area is 105 Å². The van der Waals surface area contributed by atoms with Gasteiger partial charge in [-0.15, -0.1) is 0 Å². The Morgan fingerprint density at radius 3 is 1.78 bits per heavy atom. The van der Waals surface area contributed by atoms with Gasteiger partial charge in [-0.2, -0.15) is 0 Å². The summed E-state index contributed by atoms with van der Waals surface area (Å²) < 4.78 is 0. The molecule has 0 radical (unpaired) electrons. The zero-order valence-electron chi connectivity index (χ0n) is 10.3. The molecule has 1 unspecified atom stereocenters. The zero-order chi connectivity index (χ0) is 14.6. The molecule has 0 spiro atoms. The Bertz CT molecular complexity index is 249. The van der Waals surface area contributed by atoms with E-state index in [4.69, 9.17) is 21.1 Å². The molecule has 0 rings (SSSR count). The summed E-state index contributed by atoms with van der Waals surface area (Å²) in [5.41, 5.74) is 5.36. The average molecular weight is 269 g/mol. The van der Waals surface area contributed by atoms with Gasteiger partial charge in [0.15, 0.2) is 0 Å². The summed E-state index contributed by atoms with van der Waals surface area (Å²) in [4.78, 5) is 0. The second-order valence-electron chi connectivity index (χ2n) is 4.49. The van der Waals surface area contributed by atoms with E-state index >= 15 is 0 Å². The molecule has 0 saturated heterocycles. The Morgan fingerprint density at radius 2 is 1.39 bits per heavy atom. The van der Waals surface area contributed by atoms with E-state index in [-0.39, 0.29) is 6.42 Å². The maximum absolute atomic E-state index is 9.45. The second kappa shape index (κ2) is 6.22. The van der Waals surface area contributed by atoms with Crippen molar-refractivity contribution >= 4 is 0 Å². The van der Waals surface area contributed by atoms with Crippen LogP contribution in [-0.4, -0.2) is 59.3 Å². The van der Waals surface area contributed by atoms with Crippen molar-refractivity contribution in [3.05, 3.63) is 0 Å². The van der Waals surface area contributed by atoms with Crippen LogP contribution in [0.3, 0.4) is 0 Å². The molecule has 0 aromatic heterocycles. The zero-order valence-corrected chi connectivity index (χ0v) is 10.3. The van der Waals surface area contributed by atoms with Crippen molar-refractivity contribution < 1.29 is 35.7 Å². The number of unbranched alkanes of at least 4 members (excludes halogenated alkanes) is 3. The third-order valence-electron chi connectivity index (χ3n) is 2.87. The monoisotopic (exact) mass is 269 g/mol. The first-order valence-corrected chi connectivity index (χ1v) is 5.80. The van der Waals surface area contributed by atoms with Crippen molar-refractivity contribution in [1.29, 1.82) is 0 Å². The third-order valence-corrected chi connectivity index (χ3v) is 2.87. The van der Waals surface area contributed by atoms with Gasteiger partial charge in [0.25, 0.3) is 0 Å². The number of nitrogens with two attached hydrogens (primary N) is 1. The fourth-order valence-electron chi connectivity index (χ4n) is 1.50. The van der Waals surface area contributed by atoms with E-state index in [0.29, 0.717) is 6.42 Å². The largest absolute Gasteiger partial charge is 0.360 e. The summed E-state index contributed by atoms with van der Waals surface area (Å²) in [6.07, 6.45) is 3.11. The molecule has 1 atom stereocenters. The lowest BCUT2D eigenvalue weighted by atomic mass is 9.92. The van der Waals surface area contributed by atoms with E-state index in [1.165, 1.54) is 0 Å². The lowest BCUT2D eigenvalue weighted by Gasteiger charge is -2.42. The quantitative estimate of drug-likeness (QED) is 0.174. The van der Waals surface area contributed by atoms with E-state index in [1.54, 1.807) is 0 Å². The summed E-state index contributed by atoms with van der Waals surface area (Å²) in [6.45, 7) is 1.98. The molecule has 0 aliphatic heterocycles. The second-order valence-corrected chi connectivity index (χ2v) is 4.49. The summed E-state index contributed by atoms with van der Waals surface area (Å²) in [6, 6.07) is -1.57. The molecule has 0 heterocycles. The van der Waals surface area contributed by atoms with Gasteiger partial charge in [-0.1, -0.05) is 32.6 Å². The molecule has 0 amide bonds. The standard InChI is InChI=1S/C10H23NO7/c1-2-3-4-5-6-7(11)8(12,13)9(14,15)10(16,17)18/h7,12-18H,2-6,11H2,1H3. The maximum atomic E-state index is 9.45. The normalized spacial score (nSPS) is 15.8. The van der Waals surface area contributed by atoms with E-state index in [2.05, 4.69) is 0 Å². The molecular formula is C10H23NO7. The number of hydrogen-bond donors (Lipinski definition) is 8. The van der Waals surface area contributed by atoms with Crippen LogP contribution in [0.15, 0.2) is 0 Å². The van der Waals surface area contributed by atoms with Crippen molar-refractivity contribution in [2.24, 2.45) is 5.73 Å². The molecule has 110 valence electrons. The van der Waals surface area contributed by atoms with Gasteiger partial charge in [0.1, 0.15) is 0 Å². The van der Waals surface area contributed by atoms with Gasteiger partial charge in [0, 0.05) is 0 Å². The first kappa shape index (κ1) is 17.7. The third kappa shape index (κ3) is 3.84. The lowest BCUT2D eigenvalue weighted by molar-refractivity contribution is -0.511. The van der Waals surface area contributed by atoms with Crippen LogP contribution in [0, 0.1) is 0 Å². The fraction of sp³-hybridized carbons (Fsp3) is 1.00. The van der Waals surface area contributed by atoms with Gasteiger partial charge in [0.05, 0.1) is 6.04 Å². The van der Waals surface area contributed by atoms with Gasteiger partial charge in [-0.05, 0) is 6.42 Å². The van der Waals surface area contributed by atoms with Crippen molar-refractivity contribution in [3.8, 4) is 0 Å². The van der Waals surface area contributed by atoms with Crippen molar-refractivity contribution in [2.45, 2.75) is 62.6 Å². The van der Waals surface area contributed by atoms with Crippen LogP contribution in [0.5, 0.6) is 0 Å². The Balaban J connectivity index is 4.61. The highest BCUT2D eigenvalue weighted by Crippen LogP contribution is 2.29. The molecule has 8 nitrogen and oxygen atoms in total. The SMILES string of the molecule is CCCCCCC(N)C(O)(O)C(O)(O)C(O)(O)O. The summed E-state index contributed by atoms with van der Waals surface area (Å²) >= 11 is 0. The first-order valence-electron chi connectivity index (χ1n) is 5.80. The van der Waals surface area contributed by atoms with Crippen LogP contribution in [0.2, 0.25) is 0 Å². The van der Waals surface area contributed by atoms with E-state index in [0.717, 1.165) is 19.3 Å². The van der Waals surface area contributed by atoms with Crippen molar-refractivity contribution in [1.82, 2.24) is 0 Å². The van der Waals surface area contributed by atoms with Crippen LogP contribution < -0.4 is 5.73 Å². The van der Waals surface area contributed by atoms with E-state index in [9.17, 15) is 20.4 Å². The smallest absolute Gasteiger partial charge is 0.338 e. The van der Waals surface area contributed by atoms with Crippen LogP contribution >= 0.6 is 0 Å². The topological polar surface area (TPSA) is 168 Å². The first-order chi connectivity index (χ1) is 7.98. The van der Waals surface area contributed by atoms with Gasteiger partial charge in [-0.3, -0.25) is 0 Å². The molecule has 18 heavy (non-hydrogen) atoms. The minimum atomic E-state index is -4.11. The minimum Gasteiger partial charge on any atom is -0.360 e. The van der Waals surface area contributed by atoms with Crippen molar-refractivity contribution in [3.63, 3.8) is 0 Å². The van der Waals surface area contributed by atoms with Crippen LogP contribution in [0.1, 0.15) is 39.0 Å². The molecule has 0 aromatic rings. The van der Waals surface area contributed by atoms with E-state index in [1.807, 2.05) is 6.92 Å². The highest BCUT2D eigenvalue weighted by molar-refractivity contribution is 4.94. The Morgan fingerprint density at radius 1 is 0.889 bits per heavy atom. The predicted molar refractivity (Wildman–Crippen MR) is 60.5 cm³/mol. The molecule has 0 aromatic carbocycles. The number of hydrogen-bond acceptors (Lipinski definition) is 8. The molecule has 9 N–H and O–H groups in total. The highest BCUT2D eigenvalue weighted by Gasteiger charge is 2.63. The molecule has 0 bridgehead atoms. The molecule has 0 saturated carbocycles. The van der Waals surface area contributed by atoms with Crippen molar-refractivity contribution in [2.75, 3.05) is 0 Å². The van der Waals surface area contributed by atoms with Crippen LogP contribution in [0.25, 0.3) is 0 Å².